The summed E-state index contributed by atoms with van der Waals surface area (Å²) in [5.74, 6) is 1.03. The summed E-state index contributed by atoms with van der Waals surface area (Å²) in [5.41, 5.74) is -0.192. The molecule has 0 saturated heterocycles. The fraction of sp³-hybridized carbons (Fsp3) is 0.190. The number of ether oxygens (including phenoxy) is 3. The standard InChI is InChI=1S/C21H20N2O6/c1-13(21(24)22-19-9-8-17(28-3)12-20(19)23(25)26)29-18-7-5-14-4-6-16(27-2)10-15(14)11-18/h4-13H,1-3H3,(H,22,24)/t13-/m0/s1. The molecule has 3 rings (SSSR count). The van der Waals surface area contributed by atoms with Gasteiger partial charge in [-0.1, -0.05) is 12.1 Å². The summed E-state index contributed by atoms with van der Waals surface area (Å²) < 4.78 is 15.9. The monoisotopic (exact) mass is 396 g/mol. The minimum atomic E-state index is -0.875. The van der Waals surface area contributed by atoms with Crippen LogP contribution in [0.4, 0.5) is 11.4 Å². The van der Waals surface area contributed by atoms with E-state index in [0.29, 0.717) is 17.2 Å². The maximum atomic E-state index is 12.5. The van der Waals surface area contributed by atoms with Crippen LogP contribution in [0.3, 0.4) is 0 Å². The van der Waals surface area contributed by atoms with E-state index in [9.17, 15) is 14.9 Å². The summed E-state index contributed by atoms with van der Waals surface area (Å²) in [5, 5.41) is 15.7. The highest BCUT2D eigenvalue weighted by molar-refractivity contribution is 5.96. The SMILES string of the molecule is COc1ccc(NC(=O)[C@H](C)Oc2ccc3ccc(OC)cc3c2)c([N+](=O)[O-])c1. The third-order valence-corrected chi connectivity index (χ3v) is 4.36. The largest absolute Gasteiger partial charge is 0.497 e. The maximum Gasteiger partial charge on any atom is 0.296 e. The number of nitro benzene ring substituents is 1. The van der Waals surface area contributed by atoms with Gasteiger partial charge in [-0.2, -0.15) is 0 Å². The molecule has 8 nitrogen and oxygen atoms in total. The number of rotatable bonds is 7. The molecule has 0 radical (unpaired) electrons. The number of amides is 1. The van der Waals surface area contributed by atoms with E-state index in [4.69, 9.17) is 14.2 Å². The third kappa shape index (κ3) is 4.55. The van der Waals surface area contributed by atoms with Gasteiger partial charge in [-0.15, -0.1) is 0 Å². The van der Waals surface area contributed by atoms with Crippen LogP contribution in [-0.2, 0) is 4.79 Å². The first kappa shape index (κ1) is 19.9. The Morgan fingerprint density at radius 3 is 2.17 bits per heavy atom. The second-order valence-electron chi connectivity index (χ2n) is 6.26. The molecule has 0 bridgehead atoms. The van der Waals surface area contributed by atoms with Gasteiger partial charge in [0.1, 0.15) is 22.9 Å². The summed E-state index contributed by atoms with van der Waals surface area (Å²) >= 11 is 0. The lowest BCUT2D eigenvalue weighted by atomic mass is 10.1. The Balaban J connectivity index is 1.76. The molecule has 0 aliphatic rings. The van der Waals surface area contributed by atoms with Gasteiger partial charge in [-0.25, -0.2) is 0 Å². The second kappa shape index (κ2) is 8.47. The molecule has 0 aliphatic heterocycles. The van der Waals surface area contributed by atoms with Gasteiger partial charge in [0.25, 0.3) is 11.6 Å². The van der Waals surface area contributed by atoms with Crippen LogP contribution in [0.1, 0.15) is 6.92 Å². The summed E-state index contributed by atoms with van der Waals surface area (Å²) in [6, 6.07) is 15.3. The summed E-state index contributed by atoms with van der Waals surface area (Å²) in [4.78, 5) is 23.2. The number of carbonyl (C=O) groups excluding carboxylic acids is 1. The van der Waals surface area contributed by atoms with Crippen LogP contribution in [0.25, 0.3) is 10.8 Å². The van der Waals surface area contributed by atoms with Gasteiger partial charge in [0.2, 0.25) is 0 Å². The molecular weight excluding hydrogens is 376 g/mol. The highest BCUT2D eigenvalue weighted by Gasteiger charge is 2.21. The number of hydrogen-bond donors (Lipinski definition) is 1. The fourth-order valence-corrected chi connectivity index (χ4v) is 2.79. The number of nitrogens with one attached hydrogen (secondary N) is 1. The average molecular weight is 396 g/mol. The zero-order valence-electron chi connectivity index (χ0n) is 16.2. The Kier molecular flexibility index (Phi) is 5.82. The molecule has 0 spiro atoms. The van der Waals surface area contributed by atoms with E-state index in [1.807, 2.05) is 24.3 Å². The highest BCUT2D eigenvalue weighted by atomic mass is 16.6. The van der Waals surface area contributed by atoms with Gasteiger partial charge in [-0.3, -0.25) is 14.9 Å². The minimum absolute atomic E-state index is 0.0690. The van der Waals surface area contributed by atoms with E-state index in [2.05, 4.69) is 5.32 Å². The van der Waals surface area contributed by atoms with Gasteiger partial charge in [-0.05, 0) is 54.1 Å². The maximum absolute atomic E-state index is 12.5. The van der Waals surface area contributed by atoms with Crippen LogP contribution in [-0.4, -0.2) is 31.2 Å². The normalized spacial score (nSPS) is 11.6. The first-order chi connectivity index (χ1) is 13.9. The van der Waals surface area contributed by atoms with Crippen molar-refractivity contribution in [1.29, 1.82) is 0 Å². The summed E-state index contributed by atoms with van der Waals surface area (Å²) in [6.07, 6.45) is -0.875. The van der Waals surface area contributed by atoms with Gasteiger partial charge in [0.15, 0.2) is 6.10 Å². The number of hydrogen-bond acceptors (Lipinski definition) is 6. The molecule has 0 heterocycles. The number of anilines is 1. The Bertz CT molecular complexity index is 1070. The van der Waals surface area contributed by atoms with Crippen molar-refractivity contribution < 1.29 is 23.9 Å². The topological polar surface area (TPSA) is 99.9 Å². The fourth-order valence-electron chi connectivity index (χ4n) is 2.79. The van der Waals surface area contributed by atoms with Crippen molar-refractivity contribution in [2.75, 3.05) is 19.5 Å². The molecule has 3 aromatic carbocycles. The van der Waals surface area contributed by atoms with Crippen LogP contribution < -0.4 is 19.5 Å². The number of fused-ring (bicyclic) bond motifs is 1. The molecule has 1 N–H and O–H groups in total. The molecule has 1 atom stereocenters. The van der Waals surface area contributed by atoms with E-state index >= 15 is 0 Å². The first-order valence-electron chi connectivity index (χ1n) is 8.79. The van der Waals surface area contributed by atoms with Crippen molar-refractivity contribution in [1.82, 2.24) is 0 Å². The van der Waals surface area contributed by atoms with Crippen LogP contribution >= 0.6 is 0 Å². The predicted molar refractivity (Wildman–Crippen MR) is 109 cm³/mol. The molecule has 8 heteroatoms. The Morgan fingerprint density at radius 1 is 0.931 bits per heavy atom. The predicted octanol–water partition coefficient (Wildman–Crippen LogP) is 4.17. The van der Waals surface area contributed by atoms with E-state index in [1.54, 1.807) is 26.2 Å². The molecule has 1 amide bonds. The van der Waals surface area contributed by atoms with Crippen molar-refractivity contribution >= 4 is 28.1 Å². The Morgan fingerprint density at radius 2 is 1.52 bits per heavy atom. The number of nitro groups is 1. The molecule has 0 fully saturated rings. The minimum Gasteiger partial charge on any atom is -0.497 e. The molecule has 3 aromatic rings. The molecule has 0 saturated carbocycles. The zero-order chi connectivity index (χ0) is 21.0. The van der Waals surface area contributed by atoms with Crippen LogP contribution in [0.5, 0.6) is 17.2 Å². The number of benzene rings is 3. The molecule has 0 unspecified atom stereocenters. The molecule has 0 aliphatic carbocycles. The van der Waals surface area contributed by atoms with Gasteiger partial charge < -0.3 is 19.5 Å². The van der Waals surface area contributed by atoms with Crippen molar-refractivity contribution in [2.45, 2.75) is 13.0 Å². The molecule has 0 aromatic heterocycles. The molecular formula is C21H20N2O6. The molecule has 150 valence electrons. The summed E-state index contributed by atoms with van der Waals surface area (Å²) in [7, 11) is 3.00. The van der Waals surface area contributed by atoms with Crippen LogP contribution in [0.2, 0.25) is 0 Å². The number of carbonyl (C=O) groups is 1. The Labute approximate surface area is 167 Å². The summed E-state index contributed by atoms with van der Waals surface area (Å²) in [6.45, 7) is 1.57. The number of nitrogens with zero attached hydrogens (tertiary/aromatic N) is 1. The van der Waals surface area contributed by atoms with Gasteiger partial charge >= 0.3 is 0 Å². The van der Waals surface area contributed by atoms with Crippen molar-refractivity contribution in [2.24, 2.45) is 0 Å². The highest BCUT2D eigenvalue weighted by Crippen LogP contribution is 2.29. The lowest BCUT2D eigenvalue weighted by Gasteiger charge is -2.15. The van der Waals surface area contributed by atoms with E-state index in [-0.39, 0.29) is 11.4 Å². The van der Waals surface area contributed by atoms with Crippen molar-refractivity contribution in [3.63, 3.8) is 0 Å². The van der Waals surface area contributed by atoms with Crippen LogP contribution in [0.15, 0.2) is 54.6 Å². The van der Waals surface area contributed by atoms with E-state index in [0.717, 1.165) is 10.8 Å². The van der Waals surface area contributed by atoms with Gasteiger partial charge in [0.05, 0.1) is 25.2 Å². The Hall–Kier alpha value is -3.81. The van der Waals surface area contributed by atoms with Crippen molar-refractivity contribution in [3.8, 4) is 17.2 Å². The lowest BCUT2D eigenvalue weighted by Crippen LogP contribution is -2.30. The van der Waals surface area contributed by atoms with E-state index < -0.39 is 16.9 Å². The van der Waals surface area contributed by atoms with Gasteiger partial charge in [0, 0.05) is 0 Å². The van der Waals surface area contributed by atoms with Crippen molar-refractivity contribution in [3.05, 3.63) is 64.7 Å². The van der Waals surface area contributed by atoms with E-state index in [1.165, 1.54) is 25.3 Å². The lowest BCUT2D eigenvalue weighted by molar-refractivity contribution is -0.384. The zero-order valence-corrected chi connectivity index (χ0v) is 16.2. The third-order valence-electron chi connectivity index (χ3n) is 4.36. The molecule has 29 heavy (non-hydrogen) atoms. The second-order valence-corrected chi connectivity index (χ2v) is 6.26. The average Bonchev–Trinajstić information content (AvgIpc) is 2.73. The smallest absolute Gasteiger partial charge is 0.296 e. The first-order valence-corrected chi connectivity index (χ1v) is 8.79. The number of methoxy groups -OCH3 is 2. The quantitative estimate of drug-likeness (QED) is 0.475. The van der Waals surface area contributed by atoms with Crippen LogP contribution in [0, 0.1) is 10.1 Å².